The molecule has 0 bridgehead atoms. The van der Waals surface area contributed by atoms with Crippen LogP contribution in [-0.2, 0) is 11.2 Å². The molecular formula is C21H24N2O4. The fourth-order valence-corrected chi connectivity index (χ4v) is 3.59. The van der Waals surface area contributed by atoms with Crippen molar-refractivity contribution in [2.24, 2.45) is 0 Å². The van der Waals surface area contributed by atoms with Crippen LogP contribution >= 0.6 is 0 Å². The molecule has 0 saturated carbocycles. The molecule has 142 valence electrons. The summed E-state index contributed by atoms with van der Waals surface area (Å²) >= 11 is 0. The van der Waals surface area contributed by atoms with Crippen LogP contribution in [-0.4, -0.2) is 47.2 Å². The molecule has 0 unspecified atom stereocenters. The highest BCUT2D eigenvalue weighted by atomic mass is 16.5. The molecule has 27 heavy (non-hydrogen) atoms. The second-order valence-corrected chi connectivity index (χ2v) is 7.62. The molecule has 0 N–H and O–H groups in total. The lowest BCUT2D eigenvalue weighted by Crippen LogP contribution is -2.34. The van der Waals surface area contributed by atoms with Crippen LogP contribution in [0.4, 0.5) is 0 Å². The third-order valence-corrected chi connectivity index (χ3v) is 4.86. The molecule has 6 heteroatoms. The van der Waals surface area contributed by atoms with E-state index in [-0.39, 0.29) is 24.2 Å². The first-order valence-electron chi connectivity index (χ1n) is 9.28. The standard InChI is InChI=1S/C21H24N2O4/c1-21(2)12-15-4-3-5-18(20(15)27-21)25-14-19(24)23-11-8-17(13-23)26-16-6-9-22-10-7-16/h3-7,9-10,17H,8,11-14H2,1-2H3/t17-/m1/s1. The van der Waals surface area contributed by atoms with Crippen LogP contribution in [0.1, 0.15) is 25.8 Å². The lowest BCUT2D eigenvalue weighted by atomic mass is 10.0. The van der Waals surface area contributed by atoms with Crippen molar-refractivity contribution in [3.05, 3.63) is 48.3 Å². The summed E-state index contributed by atoms with van der Waals surface area (Å²) in [6.07, 6.45) is 5.05. The molecule has 6 nitrogen and oxygen atoms in total. The Balaban J connectivity index is 1.32. The molecule has 1 saturated heterocycles. The number of carbonyl (C=O) groups excluding carboxylic acids is 1. The monoisotopic (exact) mass is 368 g/mol. The van der Waals surface area contributed by atoms with Crippen molar-refractivity contribution in [1.82, 2.24) is 9.88 Å². The number of para-hydroxylation sites is 1. The van der Waals surface area contributed by atoms with Crippen molar-refractivity contribution in [2.45, 2.75) is 38.4 Å². The maximum atomic E-state index is 12.5. The van der Waals surface area contributed by atoms with Crippen molar-refractivity contribution < 1.29 is 19.0 Å². The number of likely N-dealkylation sites (tertiary alicyclic amines) is 1. The van der Waals surface area contributed by atoms with Crippen LogP contribution in [0.25, 0.3) is 0 Å². The van der Waals surface area contributed by atoms with E-state index in [2.05, 4.69) is 18.8 Å². The van der Waals surface area contributed by atoms with Gasteiger partial charge >= 0.3 is 0 Å². The Bertz CT molecular complexity index is 822. The molecule has 2 aromatic rings. The van der Waals surface area contributed by atoms with E-state index >= 15 is 0 Å². The highest BCUT2D eigenvalue weighted by Crippen LogP contribution is 2.41. The number of amides is 1. The van der Waals surface area contributed by atoms with Gasteiger partial charge < -0.3 is 19.1 Å². The number of fused-ring (bicyclic) bond motifs is 1. The van der Waals surface area contributed by atoms with E-state index in [9.17, 15) is 4.79 Å². The fraction of sp³-hybridized carbons (Fsp3) is 0.429. The first-order chi connectivity index (χ1) is 13.0. The minimum atomic E-state index is -0.238. The maximum Gasteiger partial charge on any atom is 0.260 e. The SMILES string of the molecule is CC1(C)Cc2cccc(OCC(=O)N3CC[C@@H](Oc4ccncc4)C3)c2O1. The maximum absolute atomic E-state index is 12.5. The normalized spacial score (nSPS) is 20.1. The predicted octanol–water partition coefficient (Wildman–Crippen LogP) is 2.85. The van der Waals surface area contributed by atoms with Crippen LogP contribution in [0.15, 0.2) is 42.7 Å². The average Bonchev–Trinajstić information content (AvgIpc) is 3.23. The second kappa shape index (κ2) is 7.10. The molecule has 1 aromatic carbocycles. The van der Waals surface area contributed by atoms with Crippen molar-refractivity contribution >= 4 is 5.91 Å². The van der Waals surface area contributed by atoms with Gasteiger partial charge in [-0.25, -0.2) is 0 Å². The zero-order valence-corrected chi connectivity index (χ0v) is 15.7. The summed E-state index contributed by atoms with van der Waals surface area (Å²) in [5.41, 5.74) is 0.884. The van der Waals surface area contributed by atoms with Gasteiger partial charge in [-0.15, -0.1) is 0 Å². The molecule has 1 amide bonds. The number of carbonyl (C=O) groups is 1. The van der Waals surface area contributed by atoms with Crippen LogP contribution < -0.4 is 14.2 Å². The molecule has 1 atom stereocenters. The summed E-state index contributed by atoms with van der Waals surface area (Å²) in [6, 6.07) is 9.49. The first kappa shape index (κ1) is 17.6. The van der Waals surface area contributed by atoms with Crippen LogP contribution in [0.2, 0.25) is 0 Å². The van der Waals surface area contributed by atoms with Crippen LogP contribution in [0, 0.1) is 0 Å². The predicted molar refractivity (Wildman–Crippen MR) is 100 cm³/mol. The number of rotatable bonds is 5. The van der Waals surface area contributed by atoms with Crippen molar-refractivity contribution in [2.75, 3.05) is 19.7 Å². The van der Waals surface area contributed by atoms with E-state index in [1.807, 2.05) is 30.3 Å². The molecule has 1 aromatic heterocycles. The molecule has 1 fully saturated rings. The molecule has 4 rings (SSSR count). The van der Waals surface area contributed by atoms with Crippen molar-refractivity contribution in [3.63, 3.8) is 0 Å². The number of hydrogen-bond acceptors (Lipinski definition) is 5. The Morgan fingerprint density at radius 3 is 2.93 bits per heavy atom. The first-order valence-corrected chi connectivity index (χ1v) is 9.28. The van der Waals surface area contributed by atoms with Crippen molar-refractivity contribution in [1.29, 1.82) is 0 Å². The van der Waals surface area contributed by atoms with Gasteiger partial charge in [-0.2, -0.15) is 0 Å². The number of hydrogen-bond donors (Lipinski definition) is 0. The summed E-state index contributed by atoms with van der Waals surface area (Å²) in [7, 11) is 0. The van der Waals surface area contributed by atoms with Gasteiger partial charge in [0.15, 0.2) is 18.1 Å². The van der Waals surface area contributed by atoms with E-state index < -0.39 is 0 Å². The van der Waals surface area contributed by atoms with Gasteiger partial charge in [-0.3, -0.25) is 9.78 Å². The minimum absolute atomic E-state index is 0.00135. The number of aromatic nitrogens is 1. The topological polar surface area (TPSA) is 60.9 Å². The quantitative estimate of drug-likeness (QED) is 0.812. The van der Waals surface area contributed by atoms with Gasteiger partial charge in [0.2, 0.25) is 0 Å². The Kier molecular flexibility index (Phi) is 4.64. The summed E-state index contributed by atoms with van der Waals surface area (Å²) in [5.74, 6) is 2.14. The highest BCUT2D eigenvalue weighted by Gasteiger charge is 2.33. The molecule has 0 aliphatic carbocycles. The lowest BCUT2D eigenvalue weighted by Gasteiger charge is -2.19. The summed E-state index contributed by atoms with van der Waals surface area (Å²) < 4.78 is 17.7. The molecule has 3 heterocycles. The Morgan fingerprint density at radius 1 is 1.30 bits per heavy atom. The molecule has 2 aliphatic rings. The summed E-state index contributed by atoms with van der Waals surface area (Å²) in [4.78, 5) is 18.3. The van der Waals surface area contributed by atoms with Gasteiger partial charge in [0.1, 0.15) is 17.5 Å². The van der Waals surface area contributed by atoms with E-state index in [1.54, 1.807) is 17.3 Å². The van der Waals surface area contributed by atoms with E-state index in [1.165, 1.54) is 0 Å². The fourth-order valence-electron chi connectivity index (χ4n) is 3.59. The number of benzene rings is 1. The van der Waals surface area contributed by atoms with E-state index in [4.69, 9.17) is 14.2 Å². The van der Waals surface area contributed by atoms with E-state index in [0.717, 1.165) is 29.9 Å². The van der Waals surface area contributed by atoms with Crippen LogP contribution in [0.5, 0.6) is 17.2 Å². The lowest BCUT2D eigenvalue weighted by molar-refractivity contribution is -0.132. The van der Waals surface area contributed by atoms with Crippen molar-refractivity contribution in [3.8, 4) is 17.2 Å². The average molecular weight is 368 g/mol. The van der Waals surface area contributed by atoms with E-state index in [0.29, 0.717) is 18.8 Å². The third kappa shape index (κ3) is 3.99. The van der Waals surface area contributed by atoms with Gasteiger partial charge in [0, 0.05) is 37.3 Å². The zero-order chi connectivity index (χ0) is 18.9. The van der Waals surface area contributed by atoms with Gasteiger partial charge in [0.05, 0.1) is 6.54 Å². The molecular weight excluding hydrogens is 344 g/mol. The van der Waals surface area contributed by atoms with Gasteiger partial charge in [-0.05, 0) is 32.0 Å². The molecule has 0 radical (unpaired) electrons. The Labute approximate surface area is 159 Å². The molecule has 0 spiro atoms. The summed E-state index contributed by atoms with van der Waals surface area (Å²) in [6.45, 7) is 5.35. The summed E-state index contributed by atoms with van der Waals surface area (Å²) in [5, 5.41) is 0. The molecule has 2 aliphatic heterocycles. The zero-order valence-electron chi connectivity index (χ0n) is 15.7. The Hall–Kier alpha value is -2.76. The Morgan fingerprint density at radius 2 is 2.11 bits per heavy atom. The largest absolute Gasteiger partial charge is 0.488 e. The number of pyridine rings is 1. The smallest absolute Gasteiger partial charge is 0.260 e. The highest BCUT2D eigenvalue weighted by molar-refractivity contribution is 5.78. The second-order valence-electron chi connectivity index (χ2n) is 7.62. The minimum Gasteiger partial charge on any atom is -0.488 e. The van der Waals surface area contributed by atoms with Crippen LogP contribution in [0.3, 0.4) is 0 Å². The third-order valence-electron chi connectivity index (χ3n) is 4.86. The number of nitrogens with zero attached hydrogens (tertiary/aromatic N) is 2. The number of ether oxygens (including phenoxy) is 3. The van der Waals surface area contributed by atoms with Gasteiger partial charge in [0.25, 0.3) is 5.91 Å². The van der Waals surface area contributed by atoms with Gasteiger partial charge in [-0.1, -0.05) is 12.1 Å².